The summed E-state index contributed by atoms with van der Waals surface area (Å²) in [5.41, 5.74) is 15.5. The smallest absolute Gasteiger partial charge is 0.252 e. The van der Waals surface area contributed by atoms with E-state index < -0.39 is 5.91 Å². The Morgan fingerprint density at radius 1 is 1.35 bits per heavy atom. The largest absolute Gasteiger partial charge is 0.396 e. The Kier molecular flexibility index (Phi) is 2.64. The predicted octanol–water partition coefficient (Wildman–Crippen LogP) is 1.39. The Hall–Kier alpha value is -2.89. The van der Waals surface area contributed by atoms with Crippen LogP contribution >= 0.6 is 0 Å². The van der Waals surface area contributed by atoms with Crippen LogP contribution in [0, 0.1) is 6.92 Å². The van der Waals surface area contributed by atoms with E-state index in [1.165, 1.54) is 6.20 Å². The van der Waals surface area contributed by atoms with Gasteiger partial charge in [-0.05, 0) is 30.2 Å². The topological polar surface area (TPSA) is 99.3 Å². The standard InChI is InChI=1S/C14H13N5O/c1-8-5-17-3-2-10(8)9-4-12-13(15)11(14(16)20)6-18-19(12)7-9/h2-7H,15H2,1H3,(H2,16,20). The molecule has 3 aromatic heterocycles. The number of pyridine rings is 1. The van der Waals surface area contributed by atoms with Gasteiger partial charge >= 0.3 is 0 Å². The van der Waals surface area contributed by atoms with E-state index in [1.54, 1.807) is 16.9 Å². The van der Waals surface area contributed by atoms with Gasteiger partial charge in [0, 0.05) is 24.2 Å². The number of carbonyl (C=O) groups excluding carboxylic acids is 1. The van der Waals surface area contributed by atoms with Crippen LogP contribution in [0.3, 0.4) is 0 Å². The van der Waals surface area contributed by atoms with Crippen molar-refractivity contribution in [1.82, 2.24) is 14.6 Å². The first-order valence-electron chi connectivity index (χ1n) is 6.05. The van der Waals surface area contributed by atoms with E-state index in [2.05, 4.69) is 10.1 Å². The Labute approximate surface area is 115 Å². The van der Waals surface area contributed by atoms with E-state index >= 15 is 0 Å². The summed E-state index contributed by atoms with van der Waals surface area (Å²) in [6.07, 6.45) is 6.77. The van der Waals surface area contributed by atoms with Crippen LogP contribution in [0.4, 0.5) is 5.69 Å². The molecule has 0 unspecified atom stereocenters. The second-order valence-corrected chi connectivity index (χ2v) is 4.59. The molecule has 0 spiro atoms. The number of carbonyl (C=O) groups is 1. The van der Waals surface area contributed by atoms with Crippen molar-refractivity contribution in [3.05, 3.63) is 48.0 Å². The van der Waals surface area contributed by atoms with Crippen LogP contribution in [0.1, 0.15) is 15.9 Å². The molecule has 0 aliphatic carbocycles. The van der Waals surface area contributed by atoms with Gasteiger partial charge < -0.3 is 11.5 Å². The summed E-state index contributed by atoms with van der Waals surface area (Å²) in [5.74, 6) is -0.583. The molecule has 6 nitrogen and oxygen atoms in total. The van der Waals surface area contributed by atoms with E-state index in [0.717, 1.165) is 16.7 Å². The molecule has 0 aromatic carbocycles. The van der Waals surface area contributed by atoms with Gasteiger partial charge in [0.1, 0.15) is 0 Å². The molecule has 0 saturated carbocycles. The lowest BCUT2D eigenvalue weighted by atomic mass is 10.1. The number of nitrogens with two attached hydrogens (primary N) is 2. The van der Waals surface area contributed by atoms with Crippen molar-refractivity contribution in [3.8, 4) is 11.1 Å². The van der Waals surface area contributed by atoms with Crippen molar-refractivity contribution in [2.24, 2.45) is 5.73 Å². The Bertz CT molecular complexity index is 822. The Morgan fingerprint density at radius 3 is 2.85 bits per heavy atom. The fourth-order valence-electron chi connectivity index (χ4n) is 2.22. The molecule has 0 aliphatic rings. The Balaban J connectivity index is 2.24. The number of nitrogen functional groups attached to an aromatic ring is 1. The van der Waals surface area contributed by atoms with Gasteiger partial charge in [-0.1, -0.05) is 0 Å². The first kappa shape index (κ1) is 12.2. The maximum absolute atomic E-state index is 11.3. The molecule has 3 heterocycles. The zero-order valence-electron chi connectivity index (χ0n) is 10.9. The van der Waals surface area contributed by atoms with Gasteiger partial charge in [0.15, 0.2) is 0 Å². The number of aryl methyl sites for hydroxylation is 1. The van der Waals surface area contributed by atoms with Crippen LogP contribution in [-0.2, 0) is 0 Å². The summed E-state index contributed by atoms with van der Waals surface area (Å²) in [4.78, 5) is 15.4. The minimum absolute atomic E-state index is 0.230. The Morgan fingerprint density at radius 2 is 2.15 bits per heavy atom. The number of amides is 1. The van der Waals surface area contributed by atoms with Gasteiger partial charge in [-0.25, -0.2) is 4.52 Å². The molecule has 0 saturated heterocycles. The van der Waals surface area contributed by atoms with Crippen molar-refractivity contribution in [1.29, 1.82) is 0 Å². The fourth-order valence-corrected chi connectivity index (χ4v) is 2.22. The number of hydrogen-bond donors (Lipinski definition) is 2. The summed E-state index contributed by atoms with van der Waals surface area (Å²) in [5, 5.41) is 4.16. The zero-order valence-corrected chi connectivity index (χ0v) is 10.9. The molecule has 0 atom stereocenters. The lowest BCUT2D eigenvalue weighted by Gasteiger charge is -2.02. The zero-order chi connectivity index (χ0) is 14.3. The van der Waals surface area contributed by atoms with Gasteiger partial charge in [-0.3, -0.25) is 9.78 Å². The minimum atomic E-state index is -0.583. The molecular formula is C14H13N5O. The molecule has 100 valence electrons. The molecule has 0 aliphatic heterocycles. The average Bonchev–Trinajstić information content (AvgIpc) is 2.84. The predicted molar refractivity (Wildman–Crippen MR) is 76.1 cm³/mol. The summed E-state index contributed by atoms with van der Waals surface area (Å²) in [7, 11) is 0. The third kappa shape index (κ3) is 1.78. The van der Waals surface area contributed by atoms with Crippen LogP contribution in [0.2, 0.25) is 0 Å². The van der Waals surface area contributed by atoms with Gasteiger partial charge in [0.25, 0.3) is 5.91 Å². The molecule has 1 amide bonds. The van der Waals surface area contributed by atoms with Gasteiger partial charge in [0.2, 0.25) is 0 Å². The highest BCUT2D eigenvalue weighted by atomic mass is 16.1. The van der Waals surface area contributed by atoms with E-state index in [4.69, 9.17) is 11.5 Å². The van der Waals surface area contributed by atoms with Gasteiger partial charge in [-0.2, -0.15) is 5.10 Å². The first-order chi connectivity index (χ1) is 9.58. The third-order valence-corrected chi connectivity index (χ3v) is 3.27. The van der Waals surface area contributed by atoms with Crippen LogP contribution in [0.15, 0.2) is 36.9 Å². The highest BCUT2D eigenvalue weighted by Crippen LogP contribution is 2.27. The number of rotatable bonds is 2. The monoisotopic (exact) mass is 267 g/mol. The summed E-state index contributed by atoms with van der Waals surface area (Å²) in [6.45, 7) is 1.98. The van der Waals surface area contributed by atoms with Crippen LogP contribution in [-0.4, -0.2) is 20.5 Å². The molecule has 20 heavy (non-hydrogen) atoms. The first-order valence-corrected chi connectivity index (χ1v) is 6.05. The maximum Gasteiger partial charge on any atom is 0.252 e. The number of primary amides is 1. The maximum atomic E-state index is 11.3. The van der Waals surface area contributed by atoms with E-state index in [9.17, 15) is 4.79 Å². The van der Waals surface area contributed by atoms with E-state index in [-0.39, 0.29) is 5.56 Å². The molecular weight excluding hydrogens is 254 g/mol. The van der Waals surface area contributed by atoms with Crippen molar-refractivity contribution < 1.29 is 4.79 Å². The molecule has 3 aromatic rings. The lowest BCUT2D eigenvalue weighted by molar-refractivity contribution is 0.100. The normalized spacial score (nSPS) is 10.8. The molecule has 0 bridgehead atoms. The third-order valence-electron chi connectivity index (χ3n) is 3.27. The second kappa shape index (κ2) is 4.34. The number of fused-ring (bicyclic) bond motifs is 1. The molecule has 4 N–H and O–H groups in total. The van der Waals surface area contributed by atoms with Crippen LogP contribution < -0.4 is 11.5 Å². The quantitative estimate of drug-likeness (QED) is 0.732. The average molecular weight is 267 g/mol. The summed E-state index contributed by atoms with van der Waals surface area (Å²) < 4.78 is 1.64. The molecule has 0 fully saturated rings. The van der Waals surface area contributed by atoms with Gasteiger partial charge in [0.05, 0.1) is 23.0 Å². The summed E-state index contributed by atoms with van der Waals surface area (Å²) in [6, 6.07) is 3.81. The second-order valence-electron chi connectivity index (χ2n) is 4.59. The van der Waals surface area contributed by atoms with Gasteiger partial charge in [-0.15, -0.1) is 0 Å². The van der Waals surface area contributed by atoms with E-state index in [0.29, 0.717) is 11.2 Å². The number of hydrogen-bond acceptors (Lipinski definition) is 4. The van der Waals surface area contributed by atoms with E-state index in [1.807, 2.05) is 25.3 Å². The van der Waals surface area contributed by atoms with Crippen molar-refractivity contribution >= 4 is 17.1 Å². The summed E-state index contributed by atoms with van der Waals surface area (Å²) >= 11 is 0. The molecule has 6 heteroatoms. The number of nitrogens with zero attached hydrogens (tertiary/aromatic N) is 3. The number of anilines is 1. The highest BCUT2D eigenvalue weighted by molar-refractivity contribution is 6.01. The molecule has 3 rings (SSSR count). The SMILES string of the molecule is Cc1cnccc1-c1cc2c(N)c(C(N)=O)cnn2c1. The van der Waals surface area contributed by atoms with Crippen molar-refractivity contribution in [2.75, 3.05) is 5.73 Å². The molecule has 0 radical (unpaired) electrons. The highest BCUT2D eigenvalue weighted by Gasteiger charge is 2.13. The van der Waals surface area contributed by atoms with Crippen molar-refractivity contribution in [2.45, 2.75) is 6.92 Å². The van der Waals surface area contributed by atoms with Crippen LogP contribution in [0.5, 0.6) is 0 Å². The van der Waals surface area contributed by atoms with Crippen LogP contribution in [0.25, 0.3) is 16.6 Å². The lowest BCUT2D eigenvalue weighted by Crippen LogP contribution is -2.15. The fraction of sp³-hybridized carbons (Fsp3) is 0.0714. The van der Waals surface area contributed by atoms with Crippen molar-refractivity contribution in [3.63, 3.8) is 0 Å². The number of aromatic nitrogens is 3. The minimum Gasteiger partial charge on any atom is -0.396 e.